The largest absolute Gasteiger partial charge is 0.331 e. The predicted octanol–water partition coefficient (Wildman–Crippen LogP) is 3.41. The van der Waals surface area contributed by atoms with E-state index in [-0.39, 0.29) is 5.91 Å². The molecule has 0 saturated heterocycles. The fourth-order valence-corrected chi connectivity index (χ4v) is 2.77. The molecule has 1 amide bonds. The van der Waals surface area contributed by atoms with Crippen molar-refractivity contribution < 1.29 is 4.79 Å². The SMILES string of the molecule is C=CCN(C(=O)c1cccc(Br)n1)C1CCCC1. The molecule has 1 aliphatic rings. The second kappa shape index (κ2) is 6.14. The Bertz CT molecular complexity index is 441. The molecule has 1 aliphatic carbocycles. The summed E-state index contributed by atoms with van der Waals surface area (Å²) in [6.07, 6.45) is 6.38. The number of hydrogen-bond acceptors (Lipinski definition) is 2. The second-order valence-electron chi connectivity index (χ2n) is 4.53. The first-order valence-electron chi connectivity index (χ1n) is 6.27. The van der Waals surface area contributed by atoms with E-state index in [0.717, 1.165) is 12.8 Å². The van der Waals surface area contributed by atoms with Crippen LogP contribution in [0.3, 0.4) is 0 Å². The molecular weight excluding hydrogens is 292 g/mol. The van der Waals surface area contributed by atoms with Crippen molar-refractivity contribution in [3.05, 3.63) is 41.2 Å². The molecule has 0 atom stereocenters. The molecule has 0 N–H and O–H groups in total. The molecule has 0 radical (unpaired) electrons. The van der Waals surface area contributed by atoms with Crippen molar-refractivity contribution in [3.8, 4) is 0 Å². The minimum atomic E-state index is 0.00287. The van der Waals surface area contributed by atoms with Crippen LogP contribution in [0.4, 0.5) is 0 Å². The van der Waals surface area contributed by atoms with Gasteiger partial charge in [-0.25, -0.2) is 4.98 Å². The molecule has 1 saturated carbocycles. The Morgan fingerprint density at radius 1 is 1.50 bits per heavy atom. The van der Waals surface area contributed by atoms with Gasteiger partial charge in [-0.1, -0.05) is 25.0 Å². The van der Waals surface area contributed by atoms with Crippen LogP contribution in [0.5, 0.6) is 0 Å². The van der Waals surface area contributed by atoms with Gasteiger partial charge in [0.25, 0.3) is 5.91 Å². The number of aromatic nitrogens is 1. The lowest BCUT2D eigenvalue weighted by Gasteiger charge is -2.27. The Balaban J connectivity index is 2.19. The Morgan fingerprint density at radius 3 is 2.83 bits per heavy atom. The third kappa shape index (κ3) is 2.99. The van der Waals surface area contributed by atoms with Crippen LogP contribution in [0.25, 0.3) is 0 Å². The summed E-state index contributed by atoms with van der Waals surface area (Å²) in [6.45, 7) is 4.34. The van der Waals surface area contributed by atoms with Gasteiger partial charge in [0, 0.05) is 12.6 Å². The van der Waals surface area contributed by atoms with E-state index in [1.165, 1.54) is 12.8 Å². The van der Waals surface area contributed by atoms with Gasteiger partial charge in [-0.15, -0.1) is 6.58 Å². The normalized spacial score (nSPS) is 15.6. The highest BCUT2D eigenvalue weighted by Gasteiger charge is 2.27. The topological polar surface area (TPSA) is 33.2 Å². The summed E-state index contributed by atoms with van der Waals surface area (Å²) < 4.78 is 0.693. The van der Waals surface area contributed by atoms with Crippen LogP contribution in [-0.2, 0) is 0 Å². The first kappa shape index (κ1) is 13.3. The Morgan fingerprint density at radius 2 is 2.22 bits per heavy atom. The summed E-state index contributed by atoms with van der Waals surface area (Å²) in [5, 5.41) is 0. The maximum Gasteiger partial charge on any atom is 0.273 e. The lowest BCUT2D eigenvalue weighted by Crippen LogP contribution is -2.39. The summed E-state index contributed by atoms with van der Waals surface area (Å²) in [4.78, 5) is 18.6. The number of halogens is 1. The zero-order chi connectivity index (χ0) is 13.0. The van der Waals surface area contributed by atoms with Crippen LogP contribution >= 0.6 is 15.9 Å². The molecule has 0 aliphatic heterocycles. The number of carbonyl (C=O) groups is 1. The molecule has 0 bridgehead atoms. The second-order valence-corrected chi connectivity index (χ2v) is 5.34. The van der Waals surface area contributed by atoms with E-state index in [1.54, 1.807) is 12.1 Å². The molecule has 0 aromatic carbocycles. The van der Waals surface area contributed by atoms with Gasteiger partial charge >= 0.3 is 0 Å². The minimum Gasteiger partial charge on any atom is -0.331 e. The number of nitrogens with zero attached hydrogens (tertiary/aromatic N) is 2. The Labute approximate surface area is 116 Å². The zero-order valence-electron chi connectivity index (χ0n) is 10.3. The molecule has 1 heterocycles. The molecule has 96 valence electrons. The number of amides is 1. The average molecular weight is 309 g/mol. The van der Waals surface area contributed by atoms with Crippen LogP contribution in [-0.4, -0.2) is 28.4 Å². The highest BCUT2D eigenvalue weighted by atomic mass is 79.9. The van der Waals surface area contributed by atoms with E-state index in [1.807, 2.05) is 17.0 Å². The quantitative estimate of drug-likeness (QED) is 0.631. The summed E-state index contributed by atoms with van der Waals surface area (Å²) in [5.74, 6) is 0.00287. The van der Waals surface area contributed by atoms with Crippen molar-refractivity contribution in [2.24, 2.45) is 0 Å². The van der Waals surface area contributed by atoms with Gasteiger partial charge < -0.3 is 4.90 Å². The third-order valence-corrected chi connectivity index (χ3v) is 3.73. The van der Waals surface area contributed by atoms with E-state index in [2.05, 4.69) is 27.5 Å². The van der Waals surface area contributed by atoms with Crippen molar-refractivity contribution in [2.75, 3.05) is 6.54 Å². The van der Waals surface area contributed by atoms with Crippen LogP contribution in [0.2, 0.25) is 0 Å². The molecule has 2 rings (SSSR count). The van der Waals surface area contributed by atoms with E-state index in [9.17, 15) is 4.79 Å². The zero-order valence-corrected chi connectivity index (χ0v) is 11.9. The molecule has 1 aromatic heterocycles. The van der Waals surface area contributed by atoms with Gasteiger partial charge in [0.1, 0.15) is 10.3 Å². The van der Waals surface area contributed by atoms with Gasteiger partial charge in [0.2, 0.25) is 0 Å². The van der Waals surface area contributed by atoms with Gasteiger partial charge in [0.15, 0.2) is 0 Å². The molecule has 4 heteroatoms. The lowest BCUT2D eigenvalue weighted by molar-refractivity contribution is 0.0700. The monoisotopic (exact) mass is 308 g/mol. The van der Waals surface area contributed by atoms with Crippen molar-refractivity contribution in [1.29, 1.82) is 0 Å². The molecule has 1 fully saturated rings. The molecule has 0 unspecified atom stereocenters. The summed E-state index contributed by atoms with van der Waals surface area (Å²) in [7, 11) is 0. The minimum absolute atomic E-state index is 0.00287. The van der Waals surface area contributed by atoms with E-state index in [0.29, 0.717) is 22.9 Å². The van der Waals surface area contributed by atoms with Crippen LogP contribution in [0.1, 0.15) is 36.2 Å². The molecule has 1 aromatic rings. The predicted molar refractivity (Wildman–Crippen MR) is 75.4 cm³/mol. The van der Waals surface area contributed by atoms with Crippen molar-refractivity contribution in [2.45, 2.75) is 31.7 Å². The van der Waals surface area contributed by atoms with Crippen LogP contribution in [0.15, 0.2) is 35.5 Å². The average Bonchev–Trinajstić information content (AvgIpc) is 2.89. The summed E-state index contributed by atoms with van der Waals surface area (Å²) in [5.41, 5.74) is 0.498. The van der Waals surface area contributed by atoms with Crippen molar-refractivity contribution in [3.63, 3.8) is 0 Å². The smallest absolute Gasteiger partial charge is 0.273 e. The standard InChI is InChI=1S/C14H17BrN2O/c1-2-10-17(11-6-3-4-7-11)14(18)12-8-5-9-13(15)16-12/h2,5,8-9,11H,1,3-4,6-7,10H2. The van der Waals surface area contributed by atoms with Gasteiger partial charge in [-0.05, 0) is 40.9 Å². The van der Waals surface area contributed by atoms with Crippen LogP contribution in [0, 0.1) is 0 Å². The number of carbonyl (C=O) groups excluding carboxylic acids is 1. The number of hydrogen-bond donors (Lipinski definition) is 0. The van der Waals surface area contributed by atoms with E-state index in [4.69, 9.17) is 0 Å². The first-order valence-corrected chi connectivity index (χ1v) is 7.06. The fraction of sp³-hybridized carbons (Fsp3) is 0.429. The lowest BCUT2D eigenvalue weighted by atomic mass is 10.2. The maximum atomic E-state index is 12.5. The third-order valence-electron chi connectivity index (χ3n) is 3.29. The van der Waals surface area contributed by atoms with Crippen LogP contribution < -0.4 is 0 Å². The highest BCUT2D eigenvalue weighted by molar-refractivity contribution is 9.10. The summed E-state index contributed by atoms with van der Waals surface area (Å²) in [6, 6.07) is 5.77. The molecule has 18 heavy (non-hydrogen) atoms. The van der Waals surface area contributed by atoms with Crippen molar-refractivity contribution >= 4 is 21.8 Å². The Hall–Kier alpha value is -1.16. The van der Waals surface area contributed by atoms with Gasteiger partial charge in [-0.3, -0.25) is 4.79 Å². The van der Waals surface area contributed by atoms with E-state index < -0.39 is 0 Å². The fourth-order valence-electron chi connectivity index (χ4n) is 2.43. The number of pyridine rings is 1. The number of rotatable bonds is 4. The molecular formula is C14H17BrN2O. The van der Waals surface area contributed by atoms with E-state index >= 15 is 0 Å². The molecule has 0 spiro atoms. The Kier molecular flexibility index (Phi) is 4.53. The van der Waals surface area contributed by atoms with Gasteiger partial charge in [0.05, 0.1) is 0 Å². The van der Waals surface area contributed by atoms with Gasteiger partial charge in [-0.2, -0.15) is 0 Å². The first-order chi connectivity index (χ1) is 8.72. The van der Waals surface area contributed by atoms with Crippen molar-refractivity contribution in [1.82, 2.24) is 9.88 Å². The summed E-state index contributed by atoms with van der Waals surface area (Å²) >= 11 is 3.30. The molecule has 3 nitrogen and oxygen atoms in total. The highest BCUT2D eigenvalue weighted by Crippen LogP contribution is 2.24. The maximum absolute atomic E-state index is 12.5.